The van der Waals surface area contributed by atoms with Crippen molar-refractivity contribution < 1.29 is 0 Å². The molecular formula is C14H7ClN2OS. The third-order valence-electron chi connectivity index (χ3n) is 2.89. The summed E-state index contributed by atoms with van der Waals surface area (Å²) >= 11 is 7.31. The summed E-state index contributed by atoms with van der Waals surface area (Å²) in [5.41, 5.74) is 1.63. The van der Waals surface area contributed by atoms with Crippen LogP contribution in [0.3, 0.4) is 0 Å². The number of hydrogen-bond donors (Lipinski definition) is 1. The maximum Gasteiger partial charge on any atom is 0.208 e. The van der Waals surface area contributed by atoms with Crippen LogP contribution in [0.5, 0.6) is 0 Å². The van der Waals surface area contributed by atoms with E-state index in [1.807, 2.05) is 23.6 Å². The first-order chi connectivity index (χ1) is 9.20. The number of aromatic amines is 1. The molecule has 0 spiro atoms. The molecule has 0 atom stereocenters. The van der Waals surface area contributed by atoms with Crippen LogP contribution >= 0.6 is 22.9 Å². The molecule has 3 aromatic rings. The zero-order valence-corrected chi connectivity index (χ0v) is 11.2. The van der Waals surface area contributed by atoms with Gasteiger partial charge in [0, 0.05) is 22.2 Å². The maximum atomic E-state index is 12.2. The highest BCUT2D eigenvalue weighted by molar-refractivity contribution is 7.17. The van der Waals surface area contributed by atoms with E-state index in [1.54, 1.807) is 12.1 Å². The molecule has 0 radical (unpaired) electrons. The lowest BCUT2D eigenvalue weighted by atomic mass is 10.0. The molecule has 1 aromatic carbocycles. The monoisotopic (exact) mass is 286 g/mol. The third-order valence-corrected chi connectivity index (χ3v) is 4.05. The Hall–Kier alpha value is -2.09. The second-order valence-corrected chi connectivity index (χ2v) is 5.32. The Labute approximate surface area is 117 Å². The Bertz CT molecular complexity index is 856. The van der Waals surface area contributed by atoms with Crippen LogP contribution in [-0.2, 0) is 0 Å². The number of hydrogen-bond acceptors (Lipinski definition) is 3. The van der Waals surface area contributed by atoms with Gasteiger partial charge in [0.15, 0.2) is 0 Å². The minimum absolute atomic E-state index is 0.126. The SMILES string of the molecule is N#Cc1c[nH]c2scc(-c3ccc(Cl)cc3)c2c1=O. The van der Waals surface area contributed by atoms with E-state index in [1.165, 1.54) is 17.5 Å². The molecule has 2 heterocycles. The number of H-pyrrole nitrogens is 1. The zero-order chi connectivity index (χ0) is 13.4. The molecule has 3 rings (SSSR count). The van der Waals surface area contributed by atoms with Gasteiger partial charge in [-0.2, -0.15) is 5.26 Å². The highest BCUT2D eigenvalue weighted by atomic mass is 35.5. The lowest BCUT2D eigenvalue weighted by Crippen LogP contribution is -2.06. The average Bonchev–Trinajstić information content (AvgIpc) is 2.85. The van der Waals surface area contributed by atoms with Crippen molar-refractivity contribution in [2.45, 2.75) is 0 Å². The summed E-state index contributed by atoms with van der Waals surface area (Å²) in [4.78, 5) is 16.0. The Morgan fingerprint density at radius 3 is 2.68 bits per heavy atom. The van der Waals surface area contributed by atoms with Crippen molar-refractivity contribution in [3.8, 4) is 17.2 Å². The quantitative estimate of drug-likeness (QED) is 0.740. The van der Waals surface area contributed by atoms with Crippen LogP contribution in [0.25, 0.3) is 21.3 Å². The number of pyridine rings is 1. The van der Waals surface area contributed by atoms with Crippen molar-refractivity contribution in [1.29, 1.82) is 5.26 Å². The van der Waals surface area contributed by atoms with E-state index in [4.69, 9.17) is 16.9 Å². The number of nitrogens with one attached hydrogen (secondary N) is 1. The standard InChI is InChI=1S/C14H7ClN2OS/c15-10-3-1-8(2-4-10)11-7-19-14-12(11)13(18)9(5-16)6-17-14/h1-4,6-7H,(H,17,18). The van der Waals surface area contributed by atoms with Gasteiger partial charge in [0.1, 0.15) is 16.5 Å². The molecule has 5 heteroatoms. The lowest BCUT2D eigenvalue weighted by molar-refractivity contribution is 1.37. The topological polar surface area (TPSA) is 56.6 Å². The average molecular weight is 287 g/mol. The molecular weight excluding hydrogens is 280 g/mol. The molecule has 2 aromatic heterocycles. The van der Waals surface area contributed by atoms with Gasteiger partial charge in [0.05, 0.1) is 5.39 Å². The molecule has 92 valence electrons. The molecule has 0 fully saturated rings. The van der Waals surface area contributed by atoms with E-state index in [9.17, 15) is 4.79 Å². The fourth-order valence-corrected chi connectivity index (χ4v) is 3.02. The van der Waals surface area contributed by atoms with Gasteiger partial charge in [-0.3, -0.25) is 4.79 Å². The van der Waals surface area contributed by atoms with Crippen molar-refractivity contribution in [3.63, 3.8) is 0 Å². The highest BCUT2D eigenvalue weighted by Crippen LogP contribution is 2.31. The number of thiophene rings is 1. The molecule has 0 aliphatic rings. The Morgan fingerprint density at radius 2 is 2.00 bits per heavy atom. The number of halogens is 1. The van der Waals surface area contributed by atoms with Gasteiger partial charge in [-0.1, -0.05) is 23.7 Å². The smallest absolute Gasteiger partial charge is 0.208 e. The fraction of sp³-hybridized carbons (Fsp3) is 0. The molecule has 0 aliphatic heterocycles. The van der Waals surface area contributed by atoms with Gasteiger partial charge in [-0.15, -0.1) is 11.3 Å². The molecule has 0 aliphatic carbocycles. The van der Waals surface area contributed by atoms with E-state index in [-0.39, 0.29) is 11.0 Å². The number of rotatable bonds is 1. The van der Waals surface area contributed by atoms with E-state index >= 15 is 0 Å². The molecule has 19 heavy (non-hydrogen) atoms. The fourth-order valence-electron chi connectivity index (χ4n) is 1.95. The van der Waals surface area contributed by atoms with E-state index in [0.29, 0.717) is 10.4 Å². The summed E-state index contributed by atoms with van der Waals surface area (Å²) in [5, 5.41) is 12.0. The summed E-state index contributed by atoms with van der Waals surface area (Å²) in [6, 6.07) is 9.19. The molecule has 0 amide bonds. The third kappa shape index (κ3) is 1.93. The summed E-state index contributed by atoms with van der Waals surface area (Å²) in [6.07, 6.45) is 1.45. The predicted octanol–water partition coefficient (Wildman–Crippen LogP) is 3.78. The zero-order valence-electron chi connectivity index (χ0n) is 9.61. The molecule has 0 bridgehead atoms. The van der Waals surface area contributed by atoms with Crippen LogP contribution in [0.4, 0.5) is 0 Å². The normalized spacial score (nSPS) is 10.5. The first-order valence-electron chi connectivity index (χ1n) is 5.49. The van der Waals surface area contributed by atoms with E-state index in [0.717, 1.165) is 16.0 Å². The van der Waals surface area contributed by atoms with Crippen molar-refractivity contribution in [2.24, 2.45) is 0 Å². The first kappa shape index (κ1) is 12.0. The number of benzene rings is 1. The number of fused-ring (bicyclic) bond motifs is 1. The van der Waals surface area contributed by atoms with Gasteiger partial charge in [0.25, 0.3) is 0 Å². The largest absolute Gasteiger partial charge is 0.351 e. The van der Waals surface area contributed by atoms with E-state index < -0.39 is 0 Å². The predicted molar refractivity (Wildman–Crippen MR) is 77.6 cm³/mol. The van der Waals surface area contributed by atoms with Crippen molar-refractivity contribution in [1.82, 2.24) is 4.98 Å². The summed E-state index contributed by atoms with van der Waals surface area (Å²) in [6.45, 7) is 0. The van der Waals surface area contributed by atoms with Crippen LogP contribution in [0, 0.1) is 11.3 Å². The Kier molecular flexibility index (Phi) is 2.86. The van der Waals surface area contributed by atoms with Gasteiger partial charge >= 0.3 is 0 Å². The van der Waals surface area contributed by atoms with Crippen molar-refractivity contribution in [2.75, 3.05) is 0 Å². The van der Waals surface area contributed by atoms with Crippen molar-refractivity contribution in [3.05, 3.63) is 56.7 Å². The molecule has 0 unspecified atom stereocenters. The molecule has 0 saturated heterocycles. The van der Waals surface area contributed by atoms with Gasteiger partial charge < -0.3 is 4.98 Å². The lowest BCUT2D eigenvalue weighted by Gasteiger charge is -2.00. The van der Waals surface area contributed by atoms with Crippen LogP contribution in [0.2, 0.25) is 5.02 Å². The Balaban J connectivity index is 2.34. The van der Waals surface area contributed by atoms with Gasteiger partial charge in [-0.05, 0) is 17.7 Å². The first-order valence-corrected chi connectivity index (χ1v) is 6.75. The summed E-state index contributed by atoms with van der Waals surface area (Å²) in [5.74, 6) is 0. The molecule has 0 saturated carbocycles. The van der Waals surface area contributed by atoms with Gasteiger partial charge in [-0.25, -0.2) is 0 Å². The molecule has 1 N–H and O–H groups in total. The minimum Gasteiger partial charge on any atom is -0.351 e. The minimum atomic E-state index is -0.234. The van der Waals surface area contributed by atoms with Crippen LogP contribution in [-0.4, -0.2) is 4.98 Å². The Morgan fingerprint density at radius 1 is 1.26 bits per heavy atom. The van der Waals surface area contributed by atoms with Crippen LogP contribution < -0.4 is 5.43 Å². The van der Waals surface area contributed by atoms with E-state index in [2.05, 4.69) is 4.98 Å². The highest BCUT2D eigenvalue weighted by Gasteiger charge is 2.12. The van der Waals surface area contributed by atoms with Crippen LogP contribution in [0.1, 0.15) is 5.56 Å². The number of nitriles is 1. The van der Waals surface area contributed by atoms with Gasteiger partial charge in [0.2, 0.25) is 5.43 Å². The number of aromatic nitrogens is 1. The summed E-state index contributed by atoms with van der Waals surface area (Å²) < 4.78 is 0. The maximum absolute atomic E-state index is 12.2. The number of nitrogens with zero attached hydrogens (tertiary/aromatic N) is 1. The van der Waals surface area contributed by atoms with Crippen LogP contribution in [0.15, 0.2) is 40.6 Å². The summed E-state index contributed by atoms with van der Waals surface area (Å²) in [7, 11) is 0. The molecule has 3 nitrogen and oxygen atoms in total. The second-order valence-electron chi connectivity index (χ2n) is 4.00. The second kappa shape index (κ2) is 4.54. The van der Waals surface area contributed by atoms with Crippen molar-refractivity contribution >= 4 is 33.2 Å².